The molecule has 0 spiro atoms. The minimum absolute atomic E-state index is 0.186. The topological polar surface area (TPSA) is 24.7 Å². The summed E-state index contributed by atoms with van der Waals surface area (Å²) < 4.78 is 0. The smallest absolute Gasteiger partial charge is 0.0940 e. The maximum atomic E-state index is 4.59. The lowest BCUT2D eigenvalue weighted by molar-refractivity contribution is 1.000. The Hall–Kier alpha value is -2.22. The highest BCUT2D eigenvalue weighted by atomic mass is 14.8. The first-order valence-electron chi connectivity index (χ1n) is 6.47. The number of rotatable bonds is 2. The number of aryl methyl sites for hydroxylation is 2. The Balaban J connectivity index is 1.89. The van der Waals surface area contributed by atoms with E-state index in [1.807, 2.05) is 24.6 Å². The van der Waals surface area contributed by atoms with Gasteiger partial charge in [0.15, 0.2) is 0 Å². The van der Waals surface area contributed by atoms with Crippen molar-refractivity contribution < 1.29 is 0 Å². The molecular weight excluding hydrogens is 232 g/mol. The van der Waals surface area contributed by atoms with Crippen LogP contribution in [0.25, 0.3) is 0 Å². The molecule has 1 aliphatic heterocycles. The van der Waals surface area contributed by atoms with Gasteiger partial charge in [-0.15, -0.1) is 0 Å². The fourth-order valence-corrected chi connectivity index (χ4v) is 2.36. The SMILES string of the molecule is Cc1ccc(N=CC2=C3C=CC=CC3N=C2)c(C)c1. The third-order valence-electron chi connectivity index (χ3n) is 3.40. The summed E-state index contributed by atoms with van der Waals surface area (Å²) >= 11 is 0. The molecule has 1 aromatic rings. The highest BCUT2D eigenvalue weighted by molar-refractivity contribution is 6.08. The van der Waals surface area contributed by atoms with Crippen LogP contribution in [-0.2, 0) is 0 Å². The van der Waals surface area contributed by atoms with E-state index in [1.54, 1.807) is 0 Å². The summed E-state index contributed by atoms with van der Waals surface area (Å²) in [5.74, 6) is 0. The van der Waals surface area contributed by atoms with E-state index in [2.05, 4.69) is 54.2 Å². The minimum Gasteiger partial charge on any atom is -0.280 e. The van der Waals surface area contributed by atoms with Crippen molar-refractivity contribution in [2.75, 3.05) is 0 Å². The van der Waals surface area contributed by atoms with Crippen molar-refractivity contribution in [1.82, 2.24) is 0 Å². The third kappa shape index (κ3) is 2.34. The molecule has 1 heterocycles. The molecule has 19 heavy (non-hydrogen) atoms. The molecule has 0 aromatic heterocycles. The maximum Gasteiger partial charge on any atom is 0.0940 e. The van der Waals surface area contributed by atoms with Gasteiger partial charge in [0, 0.05) is 18.0 Å². The van der Waals surface area contributed by atoms with E-state index in [4.69, 9.17) is 0 Å². The number of allylic oxidation sites excluding steroid dienone is 3. The number of hydrogen-bond donors (Lipinski definition) is 0. The lowest BCUT2D eigenvalue weighted by atomic mass is 10.0. The molecule has 0 saturated carbocycles. The van der Waals surface area contributed by atoms with Crippen molar-refractivity contribution >= 4 is 18.1 Å². The molecular formula is C17H16N2. The van der Waals surface area contributed by atoms with Crippen molar-refractivity contribution in [2.24, 2.45) is 9.98 Å². The van der Waals surface area contributed by atoms with Crippen LogP contribution in [0, 0.1) is 13.8 Å². The summed E-state index contributed by atoms with van der Waals surface area (Å²) in [5, 5.41) is 0. The zero-order chi connectivity index (χ0) is 13.2. The Morgan fingerprint density at radius 1 is 1.21 bits per heavy atom. The largest absolute Gasteiger partial charge is 0.280 e. The molecule has 1 aromatic carbocycles. The van der Waals surface area contributed by atoms with E-state index in [-0.39, 0.29) is 6.04 Å². The van der Waals surface area contributed by atoms with Gasteiger partial charge < -0.3 is 0 Å². The summed E-state index contributed by atoms with van der Waals surface area (Å²) in [4.78, 5) is 9.05. The van der Waals surface area contributed by atoms with Gasteiger partial charge in [0.05, 0.1) is 11.7 Å². The second-order valence-electron chi connectivity index (χ2n) is 4.93. The molecule has 94 valence electrons. The second kappa shape index (κ2) is 4.81. The average Bonchev–Trinajstić information content (AvgIpc) is 2.81. The summed E-state index contributed by atoms with van der Waals surface area (Å²) in [6, 6.07) is 6.49. The van der Waals surface area contributed by atoms with Crippen LogP contribution in [-0.4, -0.2) is 18.5 Å². The van der Waals surface area contributed by atoms with Crippen LogP contribution in [0.4, 0.5) is 5.69 Å². The van der Waals surface area contributed by atoms with E-state index in [1.165, 1.54) is 16.7 Å². The monoisotopic (exact) mass is 248 g/mol. The molecule has 2 heteroatoms. The van der Waals surface area contributed by atoms with Crippen LogP contribution in [0.5, 0.6) is 0 Å². The zero-order valence-electron chi connectivity index (χ0n) is 11.2. The van der Waals surface area contributed by atoms with E-state index < -0.39 is 0 Å². The quantitative estimate of drug-likeness (QED) is 0.710. The number of aliphatic imine (C=N–C) groups is 2. The van der Waals surface area contributed by atoms with Crippen molar-refractivity contribution in [2.45, 2.75) is 19.9 Å². The maximum absolute atomic E-state index is 4.59. The van der Waals surface area contributed by atoms with Gasteiger partial charge in [-0.05, 0) is 31.1 Å². The fourth-order valence-electron chi connectivity index (χ4n) is 2.36. The number of hydrogen-bond acceptors (Lipinski definition) is 2. The number of benzene rings is 1. The zero-order valence-corrected chi connectivity index (χ0v) is 11.2. The van der Waals surface area contributed by atoms with Crippen molar-refractivity contribution in [1.29, 1.82) is 0 Å². The van der Waals surface area contributed by atoms with Gasteiger partial charge in [0.1, 0.15) is 0 Å². The van der Waals surface area contributed by atoms with E-state index in [9.17, 15) is 0 Å². The van der Waals surface area contributed by atoms with Crippen LogP contribution >= 0.6 is 0 Å². The molecule has 1 unspecified atom stereocenters. The molecule has 1 aliphatic carbocycles. The first kappa shape index (κ1) is 11.8. The molecule has 0 bridgehead atoms. The number of nitrogens with zero attached hydrogens (tertiary/aromatic N) is 2. The normalized spacial score (nSPS) is 20.6. The second-order valence-corrected chi connectivity index (χ2v) is 4.93. The Labute approximate surface area is 113 Å². The summed E-state index contributed by atoms with van der Waals surface area (Å²) in [5.41, 5.74) is 5.82. The Kier molecular flexibility index (Phi) is 3.00. The van der Waals surface area contributed by atoms with Crippen LogP contribution in [0.3, 0.4) is 0 Å². The molecule has 0 amide bonds. The van der Waals surface area contributed by atoms with E-state index in [0.29, 0.717) is 0 Å². The average molecular weight is 248 g/mol. The highest BCUT2D eigenvalue weighted by Crippen LogP contribution is 2.24. The third-order valence-corrected chi connectivity index (χ3v) is 3.40. The van der Waals surface area contributed by atoms with E-state index >= 15 is 0 Å². The molecule has 3 rings (SSSR count). The Morgan fingerprint density at radius 3 is 2.95 bits per heavy atom. The predicted molar refractivity (Wildman–Crippen MR) is 81.7 cm³/mol. The first-order chi connectivity index (χ1) is 9.24. The first-order valence-corrected chi connectivity index (χ1v) is 6.47. The predicted octanol–water partition coefficient (Wildman–Crippen LogP) is 3.88. The molecule has 2 nitrogen and oxygen atoms in total. The minimum atomic E-state index is 0.186. The van der Waals surface area contributed by atoms with Gasteiger partial charge in [-0.25, -0.2) is 0 Å². The molecule has 0 N–H and O–H groups in total. The lowest BCUT2D eigenvalue weighted by Gasteiger charge is -2.07. The van der Waals surface area contributed by atoms with Crippen LogP contribution in [0.15, 0.2) is 63.6 Å². The van der Waals surface area contributed by atoms with Gasteiger partial charge in [-0.1, -0.05) is 42.0 Å². The van der Waals surface area contributed by atoms with Crippen molar-refractivity contribution in [3.63, 3.8) is 0 Å². The van der Waals surface area contributed by atoms with Crippen LogP contribution in [0.1, 0.15) is 11.1 Å². The summed E-state index contributed by atoms with van der Waals surface area (Å²) in [6.07, 6.45) is 12.1. The molecule has 0 radical (unpaired) electrons. The van der Waals surface area contributed by atoms with Crippen LogP contribution in [0.2, 0.25) is 0 Å². The van der Waals surface area contributed by atoms with Crippen LogP contribution < -0.4 is 0 Å². The van der Waals surface area contributed by atoms with Gasteiger partial charge in [-0.2, -0.15) is 0 Å². The molecule has 0 saturated heterocycles. The number of fused-ring (bicyclic) bond motifs is 1. The lowest BCUT2D eigenvalue weighted by Crippen LogP contribution is -2.02. The Morgan fingerprint density at radius 2 is 2.11 bits per heavy atom. The van der Waals surface area contributed by atoms with E-state index in [0.717, 1.165) is 11.3 Å². The fraction of sp³-hybridized carbons (Fsp3) is 0.176. The standard InChI is InChI=1S/C17H16N2/c1-12-7-8-16(13(2)9-12)18-10-14-11-19-17-6-4-3-5-15(14)17/h3-11,17H,1-2H3. The summed E-state index contributed by atoms with van der Waals surface area (Å²) in [6.45, 7) is 4.19. The van der Waals surface area contributed by atoms with Gasteiger partial charge >= 0.3 is 0 Å². The molecule has 0 fully saturated rings. The van der Waals surface area contributed by atoms with Crippen molar-refractivity contribution in [3.05, 3.63) is 64.8 Å². The molecule has 1 atom stereocenters. The molecule has 2 aliphatic rings. The summed E-state index contributed by atoms with van der Waals surface area (Å²) in [7, 11) is 0. The van der Waals surface area contributed by atoms with Crippen molar-refractivity contribution in [3.8, 4) is 0 Å². The highest BCUT2D eigenvalue weighted by Gasteiger charge is 2.17. The van der Waals surface area contributed by atoms with Gasteiger partial charge in [0.25, 0.3) is 0 Å². The Bertz CT molecular complexity index is 658. The van der Waals surface area contributed by atoms with Gasteiger partial charge in [0.2, 0.25) is 0 Å². The van der Waals surface area contributed by atoms with Gasteiger partial charge in [-0.3, -0.25) is 9.98 Å².